The van der Waals surface area contributed by atoms with Gasteiger partial charge in [-0.3, -0.25) is 9.78 Å². The Hall–Kier alpha value is 0.232. The van der Waals surface area contributed by atoms with E-state index >= 15 is 0 Å². The fourth-order valence-electron chi connectivity index (χ4n) is 1.18. The molecule has 0 saturated carbocycles. The molecule has 0 unspecified atom stereocenters. The van der Waals surface area contributed by atoms with E-state index in [4.69, 9.17) is 43.3 Å². The monoisotopic (exact) mass is 730 g/mol. The number of carboxylic acid groups (broad SMARTS) is 1. The van der Waals surface area contributed by atoms with E-state index in [1.165, 1.54) is 0 Å². The topological polar surface area (TPSA) is 115 Å². The van der Waals surface area contributed by atoms with E-state index in [1.807, 2.05) is 42.5 Å². The SMILES string of the molecule is O.O=C(O)CCc1cccnc1.[CH3-].[CH3-].[Cl][Pt+2][Cl].[Cl][Ru][Cl].[NH2-].c1ccccc1. The van der Waals surface area contributed by atoms with Crippen molar-refractivity contribution in [3.8, 4) is 0 Å². The van der Waals surface area contributed by atoms with Crippen molar-refractivity contribution in [2.75, 3.05) is 0 Å². The van der Waals surface area contributed by atoms with Gasteiger partial charge in [-0.25, -0.2) is 0 Å². The summed E-state index contributed by atoms with van der Waals surface area (Å²) in [6.45, 7) is 0. The van der Waals surface area contributed by atoms with E-state index in [0.717, 1.165) is 5.56 Å². The molecule has 0 spiro atoms. The second-order valence-electron chi connectivity index (χ2n) is 3.51. The van der Waals surface area contributed by atoms with Gasteiger partial charge in [0.25, 0.3) is 0 Å². The Balaban J connectivity index is -0.0000000598. The van der Waals surface area contributed by atoms with Gasteiger partial charge in [-0.2, -0.15) is 0 Å². The van der Waals surface area contributed by atoms with Gasteiger partial charge in [-0.15, -0.1) is 0 Å². The molecule has 11 heteroatoms. The summed E-state index contributed by atoms with van der Waals surface area (Å²) in [5.74, 6) is -0.770. The van der Waals surface area contributed by atoms with Crippen LogP contribution in [-0.4, -0.2) is 21.5 Å². The minimum absolute atomic E-state index is 0. The first-order chi connectivity index (χ1) is 11.1. The number of pyridine rings is 1. The predicted molar refractivity (Wildman–Crippen MR) is 112 cm³/mol. The number of nitrogens with zero attached hydrogens (tertiary/aromatic N) is 1. The number of halogens is 4. The molecule has 0 aliphatic rings. The minimum atomic E-state index is -0.770. The van der Waals surface area contributed by atoms with Crippen molar-refractivity contribution in [1.29, 1.82) is 0 Å². The molecule has 0 radical (unpaired) electrons. The third-order valence-electron chi connectivity index (χ3n) is 2.02. The van der Waals surface area contributed by atoms with Crippen molar-refractivity contribution < 1.29 is 47.0 Å². The van der Waals surface area contributed by atoms with Crippen molar-refractivity contribution in [2.45, 2.75) is 12.8 Å². The maximum absolute atomic E-state index is 10.2. The molecule has 1 aromatic carbocycles. The van der Waals surface area contributed by atoms with Crippen LogP contribution in [0.15, 0.2) is 60.9 Å². The molecule has 27 heavy (non-hydrogen) atoms. The van der Waals surface area contributed by atoms with Crippen LogP contribution < -0.4 is 0 Å². The number of hydrogen-bond acceptors (Lipinski definition) is 2. The number of benzene rings is 1. The molecule has 1 aromatic heterocycles. The fourth-order valence-corrected chi connectivity index (χ4v) is 1.18. The molecule has 0 saturated heterocycles. The van der Waals surface area contributed by atoms with Gasteiger partial charge in [0.05, 0.1) is 0 Å². The fraction of sp³-hybridized carbons (Fsp3) is 0.125. The Morgan fingerprint density at radius 3 is 1.67 bits per heavy atom. The first-order valence-corrected chi connectivity index (χ1v) is 16.0. The van der Waals surface area contributed by atoms with E-state index in [0.29, 0.717) is 6.42 Å². The molecule has 1 heterocycles. The van der Waals surface area contributed by atoms with E-state index in [2.05, 4.69) is 4.98 Å². The summed E-state index contributed by atoms with van der Waals surface area (Å²) in [4.78, 5) is 14.0. The molecule has 5 N–H and O–H groups in total. The Morgan fingerprint density at radius 1 is 1.04 bits per heavy atom. The van der Waals surface area contributed by atoms with Gasteiger partial charge < -0.3 is 31.6 Å². The average molecular weight is 731 g/mol. The van der Waals surface area contributed by atoms with Gasteiger partial charge >= 0.3 is 75.8 Å². The van der Waals surface area contributed by atoms with E-state index in [1.54, 1.807) is 18.5 Å². The molecule has 0 bridgehead atoms. The summed E-state index contributed by atoms with van der Waals surface area (Å²) in [6.07, 6.45) is 4.09. The quantitative estimate of drug-likeness (QED) is 0.294. The van der Waals surface area contributed by atoms with Crippen LogP contribution in [0.5, 0.6) is 0 Å². The Bertz CT molecular complexity index is 449. The van der Waals surface area contributed by atoms with Crippen molar-refractivity contribution in [2.24, 2.45) is 0 Å². The number of aliphatic carboxylic acids is 1. The Labute approximate surface area is 195 Å². The number of hydrogen-bond donors (Lipinski definition) is 1. The van der Waals surface area contributed by atoms with Crippen molar-refractivity contribution >= 4 is 44.2 Å². The second-order valence-corrected chi connectivity index (χ2v) is 9.43. The van der Waals surface area contributed by atoms with Crippen LogP contribution in [0.3, 0.4) is 0 Å². The third kappa shape index (κ3) is 41.6. The summed E-state index contributed by atoms with van der Waals surface area (Å²) in [5.41, 5.74) is 0.968. The zero-order valence-corrected chi connectivity index (χ0v) is 21.8. The van der Waals surface area contributed by atoms with Gasteiger partial charge in [0, 0.05) is 18.8 Å². The molecule has 0 aliphatic carbocycles. The number of rotatable bonds is 3. The van der Waals surface area contributed by atoms with Gasteiger partial charge in [0.15, 0.2) is 0 Å². The van der Waals surface area contributed by atoms with Crippen LogP contribution in [0, 0.1) is 14.9 Å². The van der Waals surface area contributed by atoms with Crippen molar-refractivity contribution in [1.82, 2.24) is 4.98 Å². The molecule has 2 aromatic rings. The van der Waals surface area contributed by atoms with Crippen LogP contribution in [-0.2, 0) is 42.8 Å². The van der Waals surface area contributed by atoms with Crippen LogP contribution in [0.2, 0.25) is 0 Å². The zero-order valence-electron chi connectivity index (χ0n) is 14.7. The van der Waals surface area contributed by atoms with Gasteiger partial charge in [0.1, 0.15) is 0 Å². The summed E-state index contributed by atoms with van der Waals surface area (Å²) in [6, 6.07) is 15.7. The number of nitrogens with two attached hydrogens (primary N) is 1. The maximum atomic E-state index is 10.2. The first-order valence-electron chi connectivity index (χ1n) is 5.90. The van der Waals surface area contributed by atoms with Crippen LogP contribution in [0.4, 0.5) is 0 Å². The minimum Gasteiger partial charge on any atom is -0.693 e. The standard InChI is InChI=1S/C8H9NO2.C6H6.2CH3.4ClH.H2N.H2O.Pt.Ru/c10-8(11)4-3-7-2-1-5-9-6-7;1-2-4-6-5-3-1;;;;;;;;;;/h1-2,5-6H,3-4H2,(H,10,11);1-6H;2*1H3;4*1H;2*1H2;;/q;;2*-1;;;;;-1;;+4;+2/p-4. The molecule has 0 amide bonds. The van der Waals surface area contributed by atoms with Gasteiger partial charge in [-0.1, -0.05) is 42.5 Å². The van der Waals surface area contributed by atoms with E-state index < -0.39 is 22.5 Å². The largest absolute Gasteiger partial charge is 0.693 e. The molecular formula is C16H25Cl4N2O3PtRu-. The summed E-state index contributed by atoms with van der Waals surface area (Å²) >= 11 is -0.818. The molecule has 0 atom stereocenters. The Kier molecular flexibility index (Phi) is 57.0. The summed E-state index contributed by atoms with van der Waals surface area (Å²) in [7, 11) is 19.5. The van der Waals surface area contributed by atoms with Crippen LogP contribution >= 0.6 is 38.2 Å². The third-order valence-corrected chi connectivity index (χ3v) is 2.02. The van der Waals surface area contributed by atoms with Crippen molar-refractivity contribution in [3.63, 3.8) is 0 Å². The number of aromatic nitrogens is 1. The normalized spacial score (nSPS) is 7.26. The van der Waals surface area contributed by atoms with E-state index in [-0.39, 0.29) is 48.0 Å². The van der Waals surface area contributed by atoms with Crippen LogP contribution in [0.25, 0.3) is 6.15 Å². The molecule has 5 nitrogen and oxygen atoms in total. The Morgan fingerprint density at radius 2 is 1.41 bits per heavy atom. The first kappa shape index (κ1) is 41.6. The zero-order chi connectivity index (χ0) is 17.8. The smallest absolute Gasteiger partial charge is 0.0623 e. The second kappa shape index (κ2) is 37.0. The maximum Gasteiger partial charge on any atom is -0.0623 e. The molecule has 2 rings (SSSR count). The number of aryl methyl sites for hydroxylation is 1. The molecule has 0 fully saturated rings. The average Bonchev–Trinajstić information content (AvgIpc) is 2.58. The van der Waals surface area contributed by atoms with Crippen LogP contribution in [0.1, 0.15) is 12.0 Å². The van der Waals surface area contributed by atoms with E-state index in [9.17, 15) is 4.79 Å². The molecule has 0 aliphatic heterocycles. The van der Waals surface area contributed by atoms with Gasteiger partial charge in [0.2, 0.25) is 0 Å². The van der Waals surface area contributed by atoms with Gasteiger partial charge in [-0.05, 0) is 18.1 Å². The summed E-state index contributed by atoms with van der Waals surface area (Å²) < 4.78 is 0. The molecule has 164 valence electrons. The van der Waals surface area contributed by atoms with Crippen molar-refractivity contribution in [3.05, 3.63) is 87.5 Å². The predicted octanol–water partition coefficient (Wildman–Crippen LogP) is 6.33. The number of carbonyl (C=O) groups is 1. The number of carboxylic acids is 1. The summed E-state index contributed by atoms with van der Waals surface area (Å²) in [5, 5.41) is 8.35. The molecular weight excluding hydrogens is 706 g/mol.